The molecule has 0 spiro atoms. The van der Waals surface area contributed by atoms with Crippen molar-refractivity contribution in [2.75, 3.05) is 30.9 Å². The molecular weight excluding hydrogens is 200 g/mol. The van der Waals surface area contributed by atoms with Gasteiger partial charge in [0.05, 0.1) is 6.61 Å². The van der Waals surface area contributed by atoms with E-state index in [1.165, 1.54) is 0 Å². The van der Waals surface area contributed by atoms with Gasteiger partial charge >= 0.3 is 0 Å². The van der Waals surface area contributed by atoms with Gasteiger partial charge in [0.25, 0.3) is 0 Å². The Labute approximate surface area is 98.2 Å². The Hall–Kier alpha value is -1.22. The molecule has 1 atom stereocenters. The summed E-state index contributed by atoms with van der Waals surface area (Å²) in [5.74, 6) is 0. The van der Waals surface area contributed by atoms with E-state index in [1.807, 2.05) is 13.0 Å². The second-order valence-corrected chi connectivity index (χ2v) is 4.13. The van der Waals surface area contributed by atoms with Crippen molar-refractivity contribution in [3.05, 3.63) is 23.8 Å². The average Bonchev–Trinajstić information content (AvgIpc) is 2.25. The molecule has 0 amide bonds. The van der Waals surface area contributed by atoms with E-state index in [4.69, 9.17) is 10.5 Å². The highest BCUT2D eigenvalue weighted by Gasteiger charge is 2.12. The van der Waals surface area contributed by atoms with Crippen LogP contribution < -0.4 is 10.6 Å². The number of nitrogens with two attached hydrogens (primary N) is 1. The smallest absolute Gasteiger partial charge is 0.0663 e. The fourth-order valence-electron chi connectivity index (χ4n) is 1.89. The van der Waals surface area contributed by atoms with Gasteiger partial charge in [-0.3, -0.25) is 0 Å². The number of hydrogen-bond donors (Lipinski definition) is 1. The summed E-state index contributed by atoms with van der Waals surface area (Å²) < 4.78 is 5.19. The molecule has 2 N–H and O–H groups in total. The number of hydrogen-bond acceptors (Lipinski definition) is 3. The van der Waals surface area contributed by atoms with Gasteiger partial charge in [-0.1, -0.05) is 6.07 Å². The Morgan fingerprint density at radius 1 is 1.44 bits per heavy atom. The normalized spacial score (nSPS) is 12.5. The van der Waals surface area contributed by atoms with Crippen LogP contribution in [0.2, 0.25) is 0 Å². The lowest BCUT2D eigenvalue weighted by molar-refractivity contribution is 0.182. The van der Waals surface area contributed by atoms with Gasteiger partial charge in [0, 0.05) is 31.1 Å². The lowest BCUT2D eigenvalue weighted by Crippen LogP contribution is -2.36. The summed E-state index contributed by atoms with van der Waals surface area (Å²) in [6.07, 6.45) is 0. The van der Waals surface area contributed by atoms with Crippen molar-refractivity contribution in [3.63, 3.8) is 0 Å². The molecule has 0 aliphatic heterocycles. The molecule has 0 radical (unpaired) electrons. The molecule has 3 heteroatoms. The van der Waals surface area contributed by atoms with Crippen molar-refractivity contribution < 1.29 is 4.74 Å². The molecule has 0 aliphatic carbocycles. The van der Waals surface area contributed by atoms with E-state index in [1.54, 1.807) is 7.11 Å². The molecular formula is C13H22N2O. The molecule has 0 saturated heterocycles. The van der Waals surface area contributed by atoms with Crippen molar-refractivity contribution >= 4 is 11.4 Å². The summed E-state index contributed by atoms with van der Waals surface area (Å²) in [6, 6.07) is 6.57. The summed E-state index contributed by atoms with van der Waals surface area (Å²) in [5.41, 5.74) is 9.06. The topological polar surface area (TPSA) is 38.5 Å². The predicted octanol–water partition coefficient (Wildman–Crippen LogP) is 2.44. The SMILES string of the molecule is CCN(c1ccc(C)c(N)c1)C(C)COC. The minimum atomic E-state index is 0.358. The fraction of sp³-hybridized carbons (Fsp3) is 0.538. The first kappa shape index (κ1) is 12.8. The predicted molar refractivity (Wildman–Crippen MR) is 69.9 cm³/mol. The Balaban J connectivity index is 2.90. The van der Waals surface area contributed by atoms with E-state index in [-0.39, 0.29) is 0 Å². The minimum absolute atomic E-state index is 0.358. The van der Waals surface area contributed by atoms with Gasteiger partial charge in [-0.2, -0.15) is 0 Å². The lowest BCUT2D eigenvalue weighted by atomic mass is 10.1. The molecule has 0 fully saturated rings. The van der Waals surface area contributed by atoms with Crippen molar-refractivity contribution in [2.45, 2.75) is 26.8 Å². The first-order chi connectivity index (χ1) is 7.60. The summed E-state index contributed by atoms with van der Waals surface area (Å²) in [5, 5.41) is 0. The van der Waals surface area contributed by atoms with Crippen LogP contribution in [0.25, 0.3) is 0 Å². The number of anilines is 2. The molecule has 0 bridgehead atoms. The maximum Gasteiger partial charge on any atom is 0.0663 e. The highest BCUT2D eigenvalue weighted by atomic mass is 16.5. The van der Waals surface area contributed by atoms with Crippen molar-refractivity contribution in [1.82, 2.24) is 0 Å². The number of likely N-dealkylation sites (N-methyl/N-ethyl adjacent to an activating group) is 1. The van der Waals surface area contributed by atoms with E-state index in [0.717, 1.165) is 30.1 Å². The molecule has 0 saturated carbocycles. The molecule has 90 valence electrons. The summed E-state index contributed by atoms with van der Waals surface area (Å²) >= 11 is 0. The van der Waals surface area contributed by atoms with Crippen LogP contribution >= 0.6 is 0 Å². The summed E-state index contributed by atoms with van der Waals surface area (Å²) in [4.78, 5) is 2.29. The van der Waals surface area contributed by atoms with Crippen LogP contribution in [0.15, 0.2) is 18.2 Å². The zero-order chi connectivity index (χ0) is 12.1. The Bertz CT molecular complexity index is 339. The largest absolute Gasteiger partial charge is 0.398 e. The first-order valence-corrected chi connectivity index (χ1v) is 5.71. The maximum atomic E-state index is 5.93. The van der Waals surface area contributed by atoms with Gasteiger partial charge in [-0.25, -0.2) is 0 Å². The molecule has 1 aromatic rings. The minimum Gasteiger partial charge on any atom is -0.398 e. The van der Waals surface area contributed by atoms with Crippen molar-refractivity contribution in [1.29, 1.82) is 0 Å². The van der Waals surface area contributed by atoms with Gasteiger partial charge in [-0.05, 0) is 38.5 Å². The number of rotatable bonds is 5. The van der Waals surface area contributed by atoms with Crippen LogP contribution in [-0.4, -0.2) is 26.3 Å². The van der Waals surface area contributed by atoms with E-state index in [2.05, 4.69) is 30.9 Å². The van der Waals surface area contributed by atoms with Gasteiger partial charge < -0.3 is 15.4 Å². The number of nitrogens with zero attached hydrogens (tertiary/aromatic N) is 1. The molecule has 1 rings (SSSR count). The Kier molecular flexibility index (Phi) is 4.62. The standard InChI is InChI=1S/C13H22N2O/c1-5-15(11(3)9-16-4)12-7-6-10(2)13(14)8-12/h6-8,11H,5,9,14H2,1-4H3. The zero-order valence-corrected chi connectivity index (χ0v) is 10.7. The number of ether oxygens (including phenoxy) is 1. The quantitative estimate of drug-likeness (QED) is 0.778. The third-order valence-electron chi connectivity index (χ3n) is 2.88. The van der Waals surface area contributed by atoms with E-state index in [0.29, 0.717) is 6.04 Å². The van der Waals surface area contributed by atoms with Gasteiger partial charge in [-0.15, -0.1) is 0 Å². The first-order valence-electron chi connectivity index (χ1n) is 5.71. The van der Waals surface area contributed by atoms with Crippen LogP contribution in [0.1, 0.15) is 19.4 Å². The highest BCUT2D eigenvalue weighted by Crippen LogP contribution is 2.22. The monoisotopic (exact) mass is 222 g/mol. The van der Waals surface area contributed by atoms with E-state index < -0.39 is 0 Å². The van der Waals surface area contributed by atoms with Crippen LogP contribution in [0, 0.1) is 6.92 Å². The molecule has 1 aromatic carbocycles. The molecule has 0 heterocycles. The van der Waals surface area contributed by atoms with Crippen LogP contribution in [0.5, 0.6) is 0 Å². The number of nitrogen functional groups attached to an aromatic ring is 1. The zero-order valence-electron chi connectivity index (χ0n) is 10.7. The number of methoxy groups -OCH3 is 1. The Morgan fingerprint density at radius 3 is 2.62 bits per heavy atom. The lowest BCUT2D eigenvalue weighted by Gasteiger charge is -2.30. The Morgan fingerprint density at radius 2 is 2.12 bits per heavy atom. The fourth-order valence-corrected chi connectivity index (χ4v) is 1.89. The number of benzene rings is 1. The summed E-state index contributed by atoms with van der Waals surface area (Å²) in [6.45, 7) is 7.99. The van der Waals surface area contributed by atoms with E-state index >= 15 is 0 Å². The van der Waals surface area contributed by atoms with Crippen LogP contribution in [0.4, 0.5) is 11.4 Å². The van der Waals surface area contributed by atoms with Gasteiger partial charge in [0.1, 0.15) is 0 Å². The second kappa shape index (κ2) is 5.75. The van der Waals surface area contributed by atoms with Gasteiger partial charge in [0.2, 0.25) is 0 Å². The third-order valence-corrected chi connectivity index (χ3v) is 2.88. The van der Waals surface area contributed by atoms with E-state index in [9.17, 15) is 0 Å². The molecule has 3 nitrogen and oxygen atoms in total. The summed E-state index contributed by atoms with van der Waals surface area (Å²) in [7, 11) is 1.73. The second-order valence-electron chi connectivity index (χ2n) is 4.13. The molecule has 0 aromatic heterocycles. The van der Waals surface area contributed by atoms with Crippen LogP contribution in [-0.2, 0) is 4.74 Å². The number of aryl methyl sites for hydroxylation is 1. The molecule has 1 unspecified atom stereocenters. The third kappa shape index (κ3) is 2.89. The molecule has 0 aliphatic rings. The van der Waals surface area contributed by atoms with Gasteiger partial charge in [0.15, 0.2) is 0 Å². The van der Waals surface area contributed by atoms with Crippen molar-refractivity contribution in [3.8, 4) is 0 Å². The van der Waals surface area contributed by atoms with Crippen molar-refractivity contribution in [2.24, 2.45) is 0 Å². The molecule has 16 heavy (non-hydrogen) atoms. The highest BCUT2D eigenvalue weighted by molar-refractivity contribution is 5.60. The average molecular weight is 222 g/mol. The maximum absolute atomic E-state index is 5.93. The van der Waals surface area contributed by atoms with Crippen LogP contribution in [0.3, 0.4) is 0 Å².